The summed E-state index contributed by atoms with van der Waals surface area (Å²) in [6.45, 7) is 6.75. The van der Waals surface area contributed by atoms with Crippen LogP contribution < -0.4 is 4.57 Å². The minimum atomic E-state index is -4.29. The molecule has 0 bridgehead atoms. The number of rotatable bonds is 1. The highest BCUT2D eigenvalue weighted by atomic mass is 19.4. The Morgan fingerprint density at radius 1 is 0.960 bits per heavy atom. The number of pyridine rings is 1. The number of hydrogen-bond acceptors (Lipinski definition) is 0. The maximum Gasteiger partial charge on any atom is 0.397 e. The number of allylic oxidation sites excluding steroid dienone is 2. The molecule has 2 atom stereocenters. The first-order valence-corrected chi connectivity index (χ1v) is 8.46. The van der Waals surface area contributed by atoms with E-state index in [0.717, 1.165) is 16.8 Å². The fraction of sp³-hybridized carbons (Fsp3) is 0.381. The predicted molar refractivity (Wildman–Crippen MR) is 91.3 cm³/mol. The van der Waals surface area contributed by atoms with E-state index in [1.807, 2.05) is 30.5 Å². The smallest absolute Gasteiger partial charge is 0.188 e. The van der Waals surface area contributed by atoms with Crippen LogP contribution in [0.3, 0.4) is 0 Å². The maximum absolute atomic E-state index is 13.5. The summed E-state index contributed by atoms with van der Waals surface area (Å²) in [5, 5.41) is 0. The second kappa shape index (κ2) is 4.54. The summed E-state index contributed by atoms with van der Waals surface area (Å²) in [4.78, 5) is 0. The van der Waals surface area contributed by atoms with Gasteiger partial charge in [0.05, 0.1) is 16.4 Å². The average Bonchev–Trinajstić information content (AvgIpc) is 2.57. The van der Waals surface area contributed by atoms with Crippen molar-refractivity contribution < 1.29 is 17.7 Å². The second-order valence-electron chi connectivity index (χ2n) is 8.02. The molecule has 0 saturated carbocycles. The van der Waals surface area contributed by atoms with Gasteiger partial charge < -0.3 is 0 Å². The van der Waals surface area contributed by atoms with Crippen LogP contribution in [0.2, 0.25) is 0 Å². The molecule has 0 radical (unpaired) electrons. The molecule has 1 aromatic heterocycles. The molecular weight excluding hydrogens is 323 g/mol. The van der Waals surface area contributed by atoms with Crippen molar-refractivity contribution in [2.24, 2.45) is 0 Å². The standard InChI is InChI=1S/C21H21F3N/c1-18(2,21(22,23)24)14-8-9-15-16(13-14)19(3)10-11-20(19,4)25-12-6-5-7-17(15)25/h5-13H,1-4H3/q+1. The van der Waals surface area contributed by atoms with Gasteiger partial charge in [-0.25, -0.2) is 0 Å². The van der Waals surface area contributed by atoms with Gasteiger partial charge in [0.1, 0.15) is 0 Å². The van der Waals surface area contributed by atoms with Crippen molar-refractivity contribution in [1.82, 2.24) is 0 Å². The zero-order chi connectivity index (χ0) is 18.3. The van der Waals surface area contributed by atoms with Crippen molar-refractivity contribution in [1.29, 1.82) is 0 Å². The molecule has 0 amide bonds. The van der Waals surface area contributed by atoms with Gasteiger partial charge in [-0.1, -0.05) is 18.2 Å². The summed E-state index contributed by atoms with van der Waals surface area (Å²) in [5.74, 6) is 0. The molecule has 0 spiro atoms. The van der Waals surface area contributed by atoms with E-state index in [-0.39, 0.29) is 11.0 Å². The maximum atomic E-state index is 13.5. The van der Waals surface area contributed by atoms with Gasteiger partial charge in [-0.3, -0.25) is 0 Å². The van der Waals surface area contributed by atoms with Gasteiger partial charge in [0.2, 0.25) is 5.69 Å². The van der Waals surface area contributed by atoms with Crippen LogP contribution in [0, 0.1) is 0 Å². The Balaban J connectivity index is 2.00. The third-order valence-electron chi connectivity index (χ3n) is 6.44. The summed E-state index contributed by atoms with van der Waals surface area (Å²) < 4.78 is 42.8. The van der Waals surface area contributed by atoms with Gasteiger partial charge in [0, 0.05) is 19.1 Å². The lowest BCUT2D eigenvalue weighted by Gasteiger charge is -2.49. The quantitative estimate of drug-likeness (QED) is 0.504. The topological polar surface area (TPSA) is 3.88 Å². The van der Waals surface area contributed by atoms with Crippen LogP contribution in [0.15, 0.2) is 54.7 Å². The largest absolute Gasteiger partial charge is 0.397 e. The van der Waals surface area contributed by atoms with Crippen LogP contribution >= 0.6 is 0 Å². The molecule has 1 nitrogen and oxygen atoms in total. The van der Waals surface area contributed by atoms with E-state index in [1.54, 1.807) is 12.1 Å². The molecule has 4 heteroatoms. The van der Waals surface area contributed by atoms with E-state index in [1.165, 1.54) is 13.8 Å². The number of hydrogen-bond donors (Lipinski definition) is 0. The molecule has 1 aromatic carbocycles. The van der Waals surface area contributed by atoms with Crippen molar-refractivity contribution in [3.63, 3.8) is 0 Å². The normalized spacial score (nSPS) is 27.2. The zero-order valence-electron chi connectivity index (χ0n) is 14.8. The fourth-order valence-corrected chi connectivity index (χ4v) is 4.08. The molecular formula is C21H21F3N+. The highest BCUT2D eigenvalue weighted by molar-refractivity contribution is 5.69. The van der Waals surface area contributed by atoms with Gasteiger partial charge in [-0.15, -0.1) is 0 Å². The first kappa shape index (κ1) is 16.4. The van der Waals surface area contributed by atoms with Crippen LogP contribution in [-0.4, -0.2) is 6.18 Å². The molecule has 2 heterocycles. The van der Waals surface area contributed by atoms with Crippen LogP contribution in [0.4, 0.5) is 13.2 Å². The molecule has 4 rings (SSSR count). The fourth-order valence-electron chi connectivity index (χ4n) is 4.08. The highest BCUT2D eigenvalue weighted by Gasteiger charge is 2.61. The van der Waals surface area contributed by atoms with Crippen LogP contribution in [0.5, 0.6) is 0 Å². The molecule has 130 valence electrons. The number of fused-ring (bicyclic) bond motifs is 6. The van der Waals surface area contributed by atoms with Crippen molar-refractivity contribution in [2.45, 2.75) is 50.2 Å². The first-order valence-electron chi connectivity index (χ1n) is 8.46. The highest BCUT2D eigenvalue weighted by Crippen LogP contribution is 2.54. The molecule has 0 N–H and O–H groups in total. The SMILES string of the molecule is CC(C)(c1ccc2c(c1)C1(C)C=CC1(C)[n+]1ccccc1-2)C(F)(F)F. The third kappa shape index (κ3) is 1.83. The second-order valence-corrected chi connectivity index (χ2v) is 8.02. The lowest BCUT2D eigenvalue weighted by Crippen LogP contribution is -2.70. The summed E-state index contributed by atoms with van der Waals surface area (Å²) in [6.07, 6.45) is 2.01. The summed E-state index contributed by atoms with van der Waals surface area (Å²) in [5.41, 5.74) is 0.860. The summed E-state index contributed by atoms with van der Waals surface area (Å²) >= 11 is 0. The van der Waals surface area contributed by atoms with Crippen molar-refractivity contribution in [2.75, 3.05) is 0 Å². The van der Waals surface area contributed by atoms with Gasteiger partial charge >= 0.3 is 6.18 Å². The van der Waals surface area contributed by atoms with Crippen LogP contribution in [-0.2, 0) is 16.4 Å². The van der Waals surface area contributed by atoms with Gasteiger partial charge in [0.15, 0.2) is 11.7 Å². The lowest BCUT2D eigenvalue weighted by molar-refractivity contribution is -0.754. The van der Waals surface area contributed by atoms with Gasteiger partial charge in [-0.2, -0.15) is 17.7 Å². The van der Waals surface area contributed by atoms with Crippen molar-refractivity contribution in [3.05, 3.63) is 65.9 Å². The van der Waals surface area contributed by atoms with E-state index in [0.29, 0.717) is 5.56 Å². The number of halogens is 3. The van der Waals surface area contributed by atoms with Crippen molar-refractivity contribution >= 4 is 0 Å². The minimum Gasteiger partial charge on any atom is -0.188 e. The lowest BCUT2D eigenvalue weighted by atomic mass is 9.56. The predicted octanol–water partition coefficient (Wildman–Crippen LogP) is 5.04. The monoisotopic (exact) mass is 344 g/mol. The molecule has 25 heavy (non-hydrogen) atoms. The summed E-state index contributed by atoms with van der Waals surface area (Å²) in [6, 6.07) is 11.2. The van der Waals surface area contributed by atoms with E-state index in [4.69, 9.17) is 0 Å². The molecule has 2 aromatic rings. The van der Waals surface area contributed by atoms with E-state index >= 15 is 0 Å². The van der Waals surface area contributed by atoms with Crippen LogP contribution in [0.1, 0.15) is 38.8 Å². The van der Waals surface area contributed by atoms with Gasteiger partial charge in [-0.05, 0) is 50.1 Å². The molecule has 0 fully saturated rings. The Morgan fingerprint density at radius 3 is 2.28 bits per heavy atom. The minimum absolute atomic E-state index is 0.266. The molecule has 0 saturated heterocycles. The zero-order valence-corrected chi connectivity index (χ0v) is 14.8. The van der Waals surface area contributed by atoms with E-state index < -0.39 is 11.6 Å². The Labute approximate surface area is 145 Å². The molecule has 1 aliphatic carbocycles. The Bertz CT molecular complexity index is 910. The number of alkyl halides is 3. The number of aromatic nitrogens is 1. The Morgan fingerprint density at radius 2 is 1.68 bits per heavy atom. The summed E-state index contributed by atoms with van der Waals surface area (Å²) in [7, 11) is 0. The van der Waals surface area contributed by atoms with Crippen LogP contribution in [0.25, 0.3) is 11.3 Å². The number of nitrogens with zero attached hydrogens (tertiary/aromatic N) is 1. The van der Waals surface area contributed by atoms with Gasteiger partial charge in [0.25, 0.3) is 0 Å². The molecule has 2 aliphatic rings. The molecule has 2 unspecified atom stereocenters. The first-order chi connectivity index (χ1) is 11.5. The molecule has 1 aliphatic heterocycles. The van der Waals surface area contributed by atoms with E-state index in [9.17, 15) is 13.2 Å². The average molecular weight is 344 g/mol. The Hall–Kier alpha value is -2.10. The van der Waals surface area contributed by atoms with E-state index in [2.05, 4.69) is 30.6 Å². The van der Waals surface area contributed by atoms with Crippen molar-refractivity contribution in [3.8, 4) is 11.3 Å². The Kier molecular flexibility index (Phi) is 2.97. The third-order valence-corrected chi connectivity index (χ3v) is 6.44. The number of benzene rings is 1.